The third-order valence-corrected chi connectivity index (χ3v) is 4.18. The number of ether oxygens (including phenoxy) is 1. The number of likely N-dealkylation sites (N-methyl/N-ethyl adjacent to an activating group) is 1. The van der Waals surface area contributed by atoms with Gasteiger partial charge in [-0.1, -0.05) is 0 Å². The van der Waals surface area contributed by atoms with Crippen molar-refractivity contribution in [3.05, 3.63) is 42.5 Å². The second-order valence-corrected chi connectivity index (χ2v) is 6.23. The second kappa shape index (κ2) is 7.12. The maximum absolute atomic E-state index is 5.22. The Kier molecular flexibility index (Phi) is 4.95. The summed E-state index contributed by atoms with van der Waals surface area (Å²) in [4.78, 5) is 6.82. The number of nitrogens with zero attached hydrogens (tertiary/aromatic N) is 3. The molecule has 0 radical (unpaired) electrons. The first kappa shape index (κ1) is 16.0. The fourth-order valence-electron chi connectivity index (χ4n) is 3.04. The molecular weight excluding hydrogens is 290 g/mol. The summed E-state index contributed by atoms with van der Waals surface area (Å²) in [5.74, 6) is 1.90. The molecule has 1 aliphatic heterocycles. The van der Waals surface area contributed by atoms with Gasteiger partial charge in [-0.2, -0.15) is 0 Å². The van der Waals surface area contributed by atoms with Crippen molar-refractivity contribution in [3.8, 4) is 11.4 Å². The molecule has 1 aliphatic rings. The maximum atomic E-state index is 5.22. The lowest BCUT2D eigenvalue weighted by atomic mass is 10.1. The summed E-state index contributed by atoms with van der Waals surface area (Å²) in [5, 5.41) is 0. The van der Waals surface area contributed by atoms with Crippen LogP contribution in [0.4, 0.5) is 0 Å². The van der Waals surface area contributed by atoms with Crippen LogP contribution in [0.15, 0.2) is 36.7 Å². The Morgan fingerprint density at radius 3 is 2.74 bits per heavy atom. The lowest BCUT2D eigenvalue weighted by molar-refractivity contribution is 0.281. The zero-order valence-corrected chi connectivity index (χ0v) is 14.0. The number of nitrogens with one attached hydrogen (secondary N) is 2. The Morgan fingerprint density at radius 1 is 1.30 bits per heavy atom. The molecule has 2 heterocycles. The van der Waals surface area contributed by atoms with Gasteiger partial charge in [-0.25, -0.2) is 4.98 Å². The molecule has 1 aromatic heterocycles. The highest BCUT2D eigenvalue weighted by molar-refractivity contribution is 5.38. The summed E-state index contributed by atoms with van der Waals surface area (Å²) in [5.41, 5.74) is 7.71. The van der Waals surface area contributed by atoms with Crippen LogP contribution in [0.2, 0.25) is 0 Å². The first-order valence-electron chi connectivity index (χ1n) is 8.02. The Labute approximate surface area is 137 Å². The van der Waals surface area contributed by atoms with E-state index in [1.165, 1.54) is 0 Å². The Balaban J connectivity index is 1.65. The van der Waals surface area contributed by atoms with Crippen LogP contribution in [0.3, 0.4) is 0 Å². The molecule has 3 rings (SSSR count). The van der Waals surface area contributed by atoms with Crippen LogP contribution in [0.5, 0.6) is 5.75 Å². The first-order chi connectivity index (χ1) is 11.2. The third-order valence-electron chi connectivity index (χ3n) is 4.18. The van der Waals surface area contributed by atoms with Crippen molar-refractivity contribution in [2.45, 2.75) is 32.0 Å². The van der Waals surface area contributed by atoms with Crippen LogP contribution in [-0.2, 0) is 6.54 Å². The fourth-order valence-corrected chi connectivity index (χ4v) is 3.04. The van der Waals surface area contributed by atoms with E-state index < -0.39 is 0 Å². The van der Waals surface area contributed by atoms with Crippen molar-refractivity contribution in [3.63, 3.8) is 0 Å². The van der Waals surface area contributed by atoms with Gasteiger partial charge in [-0.3, -0.25) is 15.8 Å². The van der Waals surface area contributed by atoms with Gasteiger partial charge in [0.15, 0.2) is 0 Å². The van der Waals surface area contributed by atoms with Crippen LogP contribution < -0.4 is 15.6 Å². The number of rotatable bonds is 6. The molecule has 0 spiro atoms. The van der Waals surface area contributed by atoms with Gasteiger partial charge in [0.25, 0.3) is 0 Å². The molecule has 23 heavy (non-hydrogen) atoms. The van der Waals surface area contributed by atoms with Crippen LogP contribution in [-0.4, -0.2) is 47.2 Å². The van der Waals surface area contributed by atoms with E-state index in [0.29, 0.717) is 12.1 Å². The van der Waals surface area contributed by atoms with E-state index in [1.807, 2.05) is 36.7 Å². The fraction of sp³-hybridized carbons (Fsp3) is 0.471. The molecule has 6 nitrogen and oxygen atoms in total. The van der Waals surface area contributed by atoms with Crippen molar-refractivity contribution in [1.82, 2.24) is 25.3 Å². The first-order valence-corrected chi connectivity index (χ1v) is 8.02. The predicted octanol–water partition coefficient (Wildman–Crippen LogP) is 1.57. The SMILES string of the molecule is COc1ccc(-n2ccnc2CN(C)CC2CC(C)NN2)cc1. The number of aromatic nitrogens is 2. The molecule has 1 aromatic carbocycles. The molecule has 0 saturated carbocycles. The summed E-state index contributed by atoms with van der Waals surface area (Å²) < 4.78 is 7.34. The van der Waals surface area contributed by atoms with E-state index in [9.17, 15) is 0 Å². The standard InChI is InChI=1S/C17H25N5O/c1-13-10-14(20-19-13)11-21(2)12-17-18-8-9-22(17)15-4-6-16(23-3)7-5-15/h4-9,13-14,19-20H,10-12H2,1-3H3. The zero-order valence-electron chi connectivity index (χ0n) is 14.0. The maximum Gasteiger partial charge on any atom is 0.127 e. The predicted molar refractivity (Wildman–Crippen MR) is 90.6 cm³/mol. The van der Waals surface area contributed by atoms with E-state index in [0.717, 1.165) is 36.8 Å². The van der Waals surface area contributed by atoms with Crippen LogP contribution in [0, 0.1) is 0 Å². The van der Waals surface area contributed by atoms with Crippen molar-refractivity contribution < 1.29 is 4.74 Å². The normalized spacial score (nSPS) is 21.0. The zero-order chi connectivity index (χ0) is 16.2. The van der Waals surface area contributed by atoms with Gasteiger partial charge in [-0.15, -0.1) is 0 Å². The van der Waals surface area contributed by atoms with Gasteiger partial charge >= 0.3 is 0 Å². The Bertz CT molecular complexity index is 624. The average molecular weight is 315 g/mol. The summed E-state index contributed by atoms with van der Waals surface area (Å²) in [7, 11) is 3.82. The van der Waals surface area contributed by atoms with E-state index in [4.69, 9.17) is 4.74 Å². The van der Waals surface area contributed by atoms with Crippen LogP contribution in [0.1, 0.15) is 19.2 Å². The van der Waals surface area contributed by atoms with Crippen molar-refractivity contribution >= 4 is 0 Å². The Morgan fingerprint density at radius 2 is 2.09 bits per heavy atom. The third kappa shape index (κ3) is 3.90. The number of hydrazine groups is 1. The van der Waals surface area contributed by atoms with E-state index in [2.05, 4.69) is 39.3 Å². The molecule has 2 aromatic rings. The minimum atomic E-state index is 0.486. The molecule has 0 amide bonds. The van der Waals surface area contributed by atoms with Gasteiger partial charge in [0.1, 0.15) is 11.6 Å². The minimum absolute atomic E-state index is 0.486. The van der Waals surface area contributed by atoms with Gasteiger partial charge < -0.3 is 9.30 Å². The molecule has 0 aliphatic carbocycles. The lowest BCUT2D eigenvalue weighted by Crippen LogP contribution is -2.39. The molecule has 1 saturated heterocycles. The number of imidazole rings is 1. The van der Waals surface area contributed by atoms with Crippen LogP contribution in [0.25, 0.3) is 5.69 Å². The van der Waals surface area contributed by atoms with Crippen molar-refractivity contribution in [2.24, 2.45) is 0 Å². The summed E-state index contributed by atoms with van der Waals surface area (Å²) in [6, 6.07) is 9.06. The largest absolute Gasteiger partial charge is 0.497 e. The minimum Gasteiger partial charge on any atom is -0.497 e. The molecule has 2 atom stereocenters. The molecule has 124 valence electrons. The summed E-state index contributed by atoms with van der Waals surface area (Å²) in [6.07, 6.45) is 5.00. The molecule has 6 heteroatoms. The van der Waals surface area contributed by atoms with Crippen LogP contribution >= 0.6 is 0 Å². The quantitative estimate of drug-likeness (QED) is 0.847. The van der Waals surface area contributed by atoms with Crippen molar-refractivity contribution in [2.75, 3.05) is 20.7 Å². The van der Waals surface area contributed by atoms with E-state index >= 15 is 0 Å². The van der Waals surface area contributed by atoms with Gasteiger partial charge in [0, 0.05) is 36.7 Å². The lowest BCUT2D eigenvalue weighted by Gasteiger charge is -2.21. The molecule has 1 fully saturated rings. The molecule has 2 unspecified atom stereocenters. The highest BCUT2D eigenvalue weighted by atomic mass is 16.5. The Hall–Kier alpha value is -1.89. The summed E-state index contributed by atoms with van der Waals surface area (Å²) >= 11 is 0. The van der Waals surface area contributed by atoms with Crippen molar-refractivity contribution in [1.29, 1.82) is 0 Å². The number of benzene rings is 1. The molecular formula is C17H25N5O. The summed E-state index contributed by atoms with van der Waals surface area (Å²) in [6.45, 7) is 4.00. The van der Waals surface area contributed by atoms with Gasteiger partial charge in [0.2, 0.25) is 0 Å². The monoisotopic (exact) mass is 315 g/mol. The topological polar surface area (TPSA) is 54.4 Å². The highest BCUT2D eigenvalue weighted by Crippen LogP contribution is 2.17. The van der Waals surface area contributed by atoms with E-state index in [-0.39, 0.29) is 0 Å². The smallest absolute Gasteiger partial charge is 0.127 e. The molecule has 2 N–H and O–H groups in total. The highest BCUT2D eigenvalue weighted by Gasteiger charge is 2.21. The number of hydrogen-bond donors (Lipinski definition) is 2. The number of hydrogen-bond acceptors (Lipinski definition) is 5. The molecule has 0 bridgehead atoms. The van der Waals surface area contributed by atoms with Gasteiger partial charge in [-0.05, 0) is 44.7 Å². The average Bonchev–Trinajstić information content (AvgIpc) is 3.16. The number of methoxy groups -OCH3 is 1. The van der Waals surface area contributed by atoms with Gasteiger partial charge in [0.05, 0.1) is 13.7 Å². The van der Waals surface area contributed by atoms with E-state index in [1.54, 1.807) is 7.11 Å². The second-order valence-electron chi connectivity index (χ2n) is 6.23.